The molecule has 1 amide bonds. The summed E-state index contributed by atoms with van der Waals surface area (Å²) in [6, 6.07) is 6.73. The number of carbonyl (C=O) groups excluding carboxylic acids is 1. The molecule has 2 aromatic rings. The number of carbonyl (C=O) groups is 1. The minimum Gasteiger partial charge on any atom is -0.378 e. The van der Waals surface area contributed by atoms with Gasteiger partial charge in [-0.15, -0.1) is 11.3 Å². The van der Waals surface area contributed by atoms with E-state index in [-0.39, 0.29) is 11.6 Å². The molecule has 8 heteroatoms. The third-order valence-electron chi connectivity index (χ3n) is 4.47. The van der Waals surface area contributed by atoms with Crippen molar-refractivity contribution in [2.24, 2.45) is 0 Å². The molecule has 1 aromatic heterocycles. The highest BCUT2D eigenvalue weighted by Crippen LogP contribution is 2.30. The maximum Gasteiger partial charge on any atom is 0.293 e. The van der Waals surface area contributed by atoms with Gasteiger partial charge >= 0.3 is 0 Å². The molecule has 3 rings (SSSR count). The van der Waals surface area contributed by atoms with Crippen molar-refractivity contribution in [3.63, 3.8) is 0 Å². The van der Waals surface area contributed by atoms with Gasteiger partial charge < -0.3 is 14.5 Å². The second-order valence-electron chi connectivity index (χ2n) is 6.25. The molecule has 138 valence electrons. The molecule has 0 saturated carbocycles. The fraction of sp³-hybridized carbons (Fsp3) is 0.389. The third kappa shape index (κ3) is 3.86. The Kier molecular flexibility index (Phi) is 5.53. The summed E-state index contributed by atoms with van der Waals surface area (Å²) < 4.78 is 5.30. The van der Waals surface area contributed by atoms with E-state index in [4.69, 9.17) is 4.74 Å². The zero-order chi connectivity index (χ0) is 18.7. The van der Waals surface area contributed by atoms with Crippen LogP contribution in [0.3, 0.4) is 0 Å². The van der Waals surface area contributed by atoms with Gasteiger partial charge in [-0.1, -0.05) is 0 Å². The zero-order valence-electron chi connectivity index (χ0n) is 14.8. The van der Waals surface area contributed by atoms with Gasteiger partial charge in [0.25, 0.3) is 11.6 Å². The fourth-order valence-corrected chi connectivity index (χ4v) is 3.91. The summed E-state index contributed by atoms with van der Waals surface area (Å²) in [5, 5.41) is 13.5. The number of ether oxygens (including phenoxy) is 1. The van der Waals surface area contributed by atoms with Crippen LogP contribution < -0.4 is 4.90 Å². The first-order valence-electron chi connectivity index (χ1n) is 8.37. The van der Waals surface area contributed by atoms with Crippen LogP contribution in [0.15, 0.2) is 29.6 Å². The average Bonchev–Trinajstić information content (AvgIpc) is 3.05. The summed E-state index contributed by atoms with van der Waals surface area (Å²) in [5.41, 5.74) is 1.96. The normalized spacial score (nSPS) is 14.3. The van der Waals surface area contributed by atoms with E-state index < -0.39 is 4.92 Å². The first kappa shape index (κ1) is 18.3. The van der Waals surface area contributed by atoms with E-state index in [0.717, 1.165) is 10.4 Å². The van der Waals surface area contributed by atoms with E-state index >= 15 is 0 Å². The number of nitro groups is 1. The number of morpholine rings is 1. The average molecular weight is 375 g/mol. The largest absolute Gasteiger partial charge is 0.378 e. The van der Waals surface area contributed by atoms with E-state index in [1.807, 2.05) is 23.3 Å². The van der Waals surface area contributed by atoms with E-state index in [0.29, 0.717) is 44.1 Å². The number of amides is 1. The molecule has 1 fully saturated rings. The Hall–Kier alpha value is -2.45. The van der Waals surface area contributed by atoms with Crippen molar-refractivity contribution in [2.75, 3.05) is 38.3 Å². The van der Waals surface area contributed by atoms with Crippen molar-refractivity contribution in [1.82, 2.24) is 4.90 Å². The molecule has 0 unspecified atom stereocenters. The van der Waals surface area contributed by atoms with Crippen molar-refractivity contribution in [3.05, 3.63) is 55.8 Å². The van der Waals surface area contributed by atoms with E-state index in [1.54, 1.807) is 35.4 Å². The Morgan fingerprint density at radius 3 is 2.69 bits per heavy atom. The number of nitrogens with zero attached hydrogens (tertiary/aromatic N) is 3. The van der Waals surface area contributed by atoms with Crippen LogP contribution in [0.2, 0.25) is 0 Å². The van der Waals surface area contributed by atoms with Crippen LogP contribution in [0.1, 0.15) is 20.8 Å². The van der Waals surface area contributed by atoms with Gasteiger partial charge in [0.2, 0.25) is 0 Å². The standard InChI is InChI=1S/C18H21N3O4S/c1-13-5-10-26-17(13)12-19(2)18(22)14-3-4-15(16(11-14)21(23)24)20-6-8-25-9-7-20/h3-5,10-11H,6-9,12H2,1-2H3. The van der Waals surface area contributed by atoms with E-state index in [9.17, 15) is 14.9 Å². The number of nitro benzene ring substituents is 1. The predicted octanol–water partition coefficient (Wildman–Crippen LogP) is 3.07. The van der Waals surface area contributed by atoms with Crippen LogP contribution >= 0.6 is 11.3 Å². The Bertz CT molecular complexity index is 815. The fourth-order valence-electron chi connectivity index (χ4n) is 2.95. The third-order valence-corrected chi connectivity index (χ3v) is 5.47. The van der Waals surface area contributed by atoms with Crippen molar-refractivity contribution in [3.8, 4) is 0 Å². The molecule has 1 aliphatic rings. The molecule has 0 atom stereocenters. The molecule has 0 spiro atoms. The molecule has 1 aliphatic heterocycles. The number of aryl methyl sites for hydroxylation is 1. The summed E-state index contributed by atoms with van der Waals surface area (Å²) in [4.78, 5) is 28.5. The number of hydrogen-bond acceptors (Lipinski definition) is 6. The molecule has 26 heavy (non-hydrogen) atoms. The number of rotatable bonds is 5. The lowest BCUT2D eigenvalue weighted by Gasteiger charge is -2.28. The molecule has 2 heterocycles. The second kappa shape index (κ2) is 7.84. The first-order valence-corrected chi connectivity index (χ1v) is 9.25. The molecule has 0 radical (unpaired) electrons. The van der Waals surface area contributed by atoms with E-state index in [1.165, 1.54) is 6.07 Å². The minimum absolute atomic E-state index is 0.0431. The quantitative estimate of drug-likeness (QED) is 0.593. The number of benzene rings is 1. The van der Waals surface area contributed by atoms with Crippen molar-refractivity contribution in [1.29, 1.82) is 0 Å². The molecular formula is C18H21N3O4S. The highest BCUT2D eigenvalue weighted by molar-refractivity contribution is 7.10. The van der Waals surface area contributed by atoms with Gasteiger partial charge in [-0.2, -0.15) is 0 Å². The van der Waals surface area contributed by atoms with Crippen LogP contribution in [0.5, 0.6) is 0 Å². The summed E-state index contributed by atoms with van der Waals surface area (Å²) in [7, 11) is 1.71. The van der Waals surface area contributed by atoms with Gasteiger partial charge in [0, 0.05) is 36.6 Å². The molecule has 0 bridgehead atoms. The predicted molar refractivity (Wildman–Crippen MR) is 101 cm³/mol. The SMILES string of the molecule is Cc1ccsc1CN(C)C(=O)c1ccc(N2CCOCC2)c([N+](=O)[O-])c1. The molecule has 0 N–H and O–H groups in total. The van der Waals surface area contributed by atoms with Crippen LogP contribution in [0.25, 0.3) is 0 Å². The lowest BCUT2D eigenvalue weighted by molar-refractivity contribution is -0.384. The van der Waals surface area contributed by atoms with Gasteiger partial charge in [0.15, 0.2) is 0 Å². The lowest BCUT2D eigenvalue weighted by Crippen LogP contribution is -2.36. The van der Waals surface area contributed by atoms with Crippen LogP contribution in [0, 0.1) is 17.0 Å². The highest BCUT2D eigenvalue weighted by Gasteiger charge is 2.24. The summed E-state index contributed by atoms with van der Waals surface area (Å²) in [6.07, 6.45) is 0. The highest BCUT2D eigenvalue weighted by atomic mass is 32.1. The zero-order valence-corrected chi connectivity index (χ0v) is 15.6. The van der Waals surface area contributed by atoms with Gasteiger partial charge in [0.05, 0.1) is 24.7 Å². The smallest absolute Gasteiger partial charge is 0.293 e. The molecule has 1 saturated heterocycles. The second-order valence-corrected chi connectivity index (χ2v) is 7.25. The Labute approximate surface area is 155 Å². The first-order chi connectivity index (χ1) is 12.5. The summed E-state index contributed by atoms with van der Waals surface area (Å²) in [5.74, 6) is -0.227. The van der Waals surface area contributed by atoms with Crippen molar-refractivity contribution < 1.29 is 14.5 Å². The van der Waals surface area contributed by atoms with Crippen LogP contribution in [0.4, 0.5) is 11.4 Å². The van der Waals surface area contributed by atoms with Crippen LogP contribution in [-0.2, 0) is 11.3 Å². The number of thiophene rings is 1. The summed E-state index contributed by atoms with van der Waals surface area (Å²) >= 11 is 1.60. The minimum atomic E-state index is -0.426. The number of hydrogen-bond donors (Lipinski definition) is 0. The molecule has 7 nitrogen and oxygen atoms in total. The Morgan fingerprint density at radius 2 is 2.08 bits per heavy atom. The van der Waals surface area contributed by atoms with Gasteiger partial charge in [-0.25, -0.2) is 0 Å². The van der Waals surface area contributed by atoms with Crippen molar-refractivity contribution >= 4 is 28.6 Å². The topological polar surface area (TPSA) is 75.9 Å². The monoisotopic (exact) mass is 375 g/mol. The maximum atomic E-state index is 12.7. The van der Waals surface area contributed by atoms with Crippen LogP contribution in [-0.4, -0.2) is 49.1 Å². The van der Waals surface area contributed by atoms with Crippen molar-refractivity contribution in [2.45, 2.75) is 13.5 Å². The Morgan fingerprint density at radius 1 is 1.35 bits per heavy atom. The van der Waals surface area contributed by atoms with Gasteiger partial charge in [-0.05, 0) is 36.1 Å². The lowest BCUT2D eigenvalue weighted by atomic mass is 10.1. The van der Waals surface area contributed by atoms with Gasteiger partial charge in [-0.3, -0.25) is 14.9 Å². The van der Waals surface area contributed by atoms with Gasteiger partial charge in [0.1, 0.15) is 5.69 Å². The molecular weight excluding hydrogens is 354 g/mol. The molecule has 1 aromatic carbocycles. The number of anilines is 1. The maximum absolute atomic E-state index is 12.7. The molecule has 0 aliphatic carbocycles. The summed E-state index contributed by atoms with van der Waals surface area (Å²) in [6.45, 7) is 4.78. The Balaban J connectivity index is 1.83. The van der Waals surface area contributed by atoms with E-state index in [2.05, 4.69) is 0 Å².